The standard InChI is InChI=1S/C15H17NOS.C4H4O4/c1-16(2)11-12-6-3-4-9-15(12)18-14-8-5-7-13(17)10-14;5-3(6)1-2-4(7)8/h3-10,17H,11H2,1-2H3;1-2H,(H,5,6)(H,7,8). The van der Waals surface area contributed by atoms with E-state index in [0.29, 0.717) is 17.9 Å². The van der Waals surface area contributed by atoms with Crippen molar-refractivity contribution in [1.82, 2.24) is 4.90 Å². The predicted molar refractivity (Wildman–Crippen MR) is 100 cm³/mol. The van der Waals surface area contributed by atoms with E-state index in [1.807, 2.05) is 18.2 Å². The van der Waals surface area contributed by atoms with Gasteiger partial charge in [-0.15, -0.1) is 0 Å². The fourth-order valence-electron chi connectivity index (χ4n) is 1.89. The van der Waals surface area contributed by atoms with Crippen LogP contribution in [0.1, 0.15) is 5.56 Å². The number of aliphatic carboxylic acids is 2. The molecule has 0 heterocycles. The largest absolute Gasteiger partial charge is 0.508 e. The van der Waals surface area contributed by atoms with Gasteiger partial charge in [0.1, 0.15) is 5.75 Å². The Bertz CT molecular complexity index is 758. The van der Waals surface area contributed by atoms with Crippen molar-refractivity contribution in [2.75, 3.05) is 14.1 Å². The molecule has 0 atom stereocenters. The number of carbonyl (C=O) groups is 2. The van der Waals surface area contributed by atoms with Crippen LogP contribution in [0, 0.1) is 0 Å². The number of rotatable bonds is 6. The zero-order chi connectivity index (χ0) is 19.5. The lowest BCUT2D eigenvalue weighted by molar-refractivity contribution is -0.134. The lowest BCUT2D eigenvalue weighted by Crippen LogP contribution is -2.11. The van der Waals surface area contributed by atoms with Gasteiger partial charge in [-0.05, 0) is 43.9 Å². The molecule has 6 nitrogen and oxygen atoms in total. The van der Waals surface area contributed by atoms with E-state index in [9.17, 15) is 14.7 Å². The SMILES string of the molecule is CN(C)Cc1ccccc1Sc1cccc(O)c1.O=C(O)C=CC(=O)O. The molecule has 0 aromatic heterocycles. The summed E-state index contributed by atoms with van der Waals surface area (Å²) in [5.41, 5.74) is 1.30. The van der Waals surface area contributed by atoms with Crippen LogP contribution in [0.5, 0.6) is 5.75 Å². The van der Waals surface area contributed by atoms with Gasteiger partial charge in [0, 0.05) is 28.5 Å². The second-order valence-electron chi connectivity index (χ2n) is 5.45. The van der Waals surface area contributed by atoms with Gasteiger partial charge < -0.3 is 20.2 Å². The van der Waals surface area contributed by atoms with E-state index in [1.165, 1.54) is 10.5 Å². The summed E-state index contributed by atoms with van der Waals surface area (Å²) in [5, 5.41) is 25.1. The first-order valence-corrected chi connectivity index (χ1v) is 8.43. The Morgan fingerprint density at radius 2 is 1.62 bits per heavy atom. The summed E-state index contributed by atoms with van der Waals surface area (Å²) < 4.78 is 0. The average Bonchev–Trinajstić information content (AvgIpc) is 2.55. The Balaban J connectivity index is 0.000000359. The van der Waals surface area contributed by atoms with Crippen molar-refractivity contribution in [3.63, 3.8) is 0 Å². The van der Waals surface area contributed by atoms with E-state index < -0.39 is 11.9 Å². The van der Waals surface area contributed by atoms with Gasteiger partial charge in [0.2, 0.25) is 0 Å². The number of benzene rings is 2. The minimum absolute atomic E-state index is 0.310. The van der Waals surface area contributed by atoms with E-state index in [2.05, 4.69) is 37.2 Å². The highest BCUT2D eigenvalue weighted by molar-refractivity contribution is 7.99. The first kappa shape index (κ1) is 21.3. The molecule has 0 spiro atoms. The fourth-order valence-corrected chi connectivity index (χ4v) is 2.88. The highest BCUT2D eigenvalue weighted by Gasteiger charge is 2.05. The van der Waals surface area contributed by atoms with Crippen LogP contribution < -0.4 is 0 Å². The number of hydrogen-bond acceptors (Lipinski definition) is 5. The van der Waals surface area contributed by atoms with Crippen LogP contribution in [0.4, 0.5) is 0 Å². The van der Waals surface area contributed by atoms with Crippen molar-refractivity contribution < 1.29 is 24.9 Å². The number of carboxylic acids is 2. The molecule has 0 saturated heterocycles. The normalized spacial score (nSPS) is 10.4. The highest BCUT2D eigenvalue weighted by Crippen LogP contribution is 2.32. The molecular weight excluding hydrogens is 354 g/mol. The minimum atomic E-state index is -1.26. The summed E-state index contributed by atoms with van der Waals surface area (Å²) in [6.45, 7) is 0.919. The van der Waals surface area contributed by atoms with E-state index >= 15 is 0 Å². The van der Waals surface area contributed by atoms with E-state index in [0.717, 1.165) is 11.4 Å². The number of nitrogens with zero attached hydrogens (tertiary/aromatic N) is 1. The number of phenolic OH excluding ortho intramolecular Hbond substituents is 1. The first-order valence-electron chi connectivity index (χ1n) is 7.61. The number of hydrogen-bond donors (Lipinski definition) is 3. The lowest BCUT2D eigenvalue weighted by Gasteiger charge is -2.13. The summed E-state index contributed by atoms with van der Waals surface area (Å²) in [6, 6.07) is 15.7. The topological polar surface area (TPSA) is 98.1 Å². The van der Waals surface area contributed by atoms with Crippen molar-refractivity contribution in [3.8, 4) is 5.75 Å². The molecular formula is C19H21NO5S. The third-order valence-electron chi connectivity index (χ3n) is 2.87. The zero-order valence-corrected chi connectivity index (χ0v) is 15.3. The first-order chi connectivity index (χ1) is 12.3. The van der Waals surface area contributed by atoms with Crippen LogP contribution in [0.2, 0.25) is 0 Å². The van der Waals surface area contributed by atoms with Crippen molar-refractivity contribution in [2.45, 2.75) is 16.3 Å². The van der Waals surface area contributed by atoms with Crippen LogP contribution >= 0.6 is 11.8 Å². The maximum atomic E-state index is 9.55. The Labute approximate surface area is 156 Å². The Morgan fingerprint density at radius 1 is 1.00 bits per heavy atom. The van der Waals surface area contributed by atoms with Gasteiger partial charge in [-0.3, -0.25) is 0 Å². The van der Waals surface area contributed by atoms with Crippen molar-refractivity contribution >= 4 is 23.7 Å². The molecule has 0 aliphatic rings. The lowest BCUT2D eigenvalue weighted by atomic mass is 10.2. The zero-order valence-electron chi connectivity index (χ0n) is 14.5. The molecule has 0 aliphatic carbocycles. The van der Waals surface area contributed by atoms with Gasteiger partial charge in [0.25, 0.3) is 0 Å². The number of aromatic hydroxyl groups is 1. The molecule has 0 saturated carbocycles. The molecule has 0 amide bonds. The highest BCUT2D eigenvalue weighted by atomic mass is 32.2. The van der Waals surface area contributed by atoms with E-state index in [1.54, 1.807) is 23.9 Å². The smallest absolute Gasteiger partial charge is 0.328 e. The summed E-state index contributed by atoms with van der Waals surface area (Å²) in [7, 11) is 4.13. The van der Waals surface area contributed by atoms with Crippen LogP contribution in [0.15, 0.2) is 70.5 Å². The van der Waals surface area contributed by atoms with Crippen molar-refractivity contribution in [3.05, 3.63) is 66.2 Å². The Kier molecular flexibility index (Phi) is 8.97. The minimum Gasteiger partial charge on any atom is -0.508 e. The van der Waals surface area contributed by atoms with Gasteiger partial charge in [-0.25, -0.2) is 9.59 Å². The van der Waals surface area contributed by atoms with Gasteiger partial charge >= 0.3 is 11.9 Å². The van der Waals surface area contributed by atoms with Crippen molar-refractivity contribution in [2.24, 2.45) is 0 Å². The molecule has 0 fully saturated rings. The molecule has 0 bridgehead atoms. The quantitative estimate of drug-likeness (QED) is 0.666. The van der Waals surface area contributed by atoms with Crippen LogP contribution in [-0.4, -0.2) is 46.3 Å². The average molecular weight is 375 g/mol. The molecule has 0 unspecified atom stereocenters. The predicted octanol–water partition coefficient (Wildman–Crippen LogP) is 3.32. The number of carboxylic acid groups (broad SMARTS) is 2. The second kappa shape index (κ2) is 11.0. The van der Waals surface area contributed by atoms with E-state index in [4.69, 9.17) is 10.2 Å². The monoisotopic (exact) mass is 375 g/mol. The third-order valence-corrected chi connectivity index (χ3v) is 3.98. The third kappa shape index (κ3) is 8.91. The maximum absolute atomic E-state index is 9.55. The van der Waals surface area contributed by atoms with Crippen LogP contribution in [0.25, 0.3) is 0 Å². The fraction of sp³-hybridized carbons (Fsp3) is 0.158. The van der Waals surface area contributed by atoms with Gasteiger partial charge in [-0.1, -0.05) is 36.0 Å². The summed E-state index contributed by atoms with van der Waals surface area (Å²) in [4.78, 5) is 23.6. The molecule has 138 valence electrons. The molecule has 26 heavy (non-hydrogen) atoms. The Morgan fingerprint density at radius 3 is 2.15 bits per heavy atom. The summed E-state index contributed by atoms with van der Waals surface area (Å²) in [5.74, 6) is -2.20. The Hall–Kier alpha value is -2.77. The van der Waals surface area contributed by atoms with Gasteiger partial charge in [0.15, 0.2) is 0 Å². The molecule has 2 rings (SSSR count). The van der Waals surface area contributed by atoms with Crippen LogP contribution in [-0.2, 0) is 16.1 Å². The maximum Gasteiger partial charge on any atom is 0.328 e. The van der Waals surface area contributed by atoms with Crippen LogP contribution in [0.3, 0.4) is 0 Å². The van der Waals surface area contributed by atoms with Gasteiger partial charge in [-0.2, -0.15) is 0 Å². The molecule has 2 aromatic rings. The molecule has 0 radical (unpaired) electrons. The van der Waals surface area contributed by atoms with E-state index in [-0.39, 0.29) is 0 Å². The number of phenols is 1. The van der Waals surface area contributed by atoms with Crippen molar-refractivity contribution in [1.29, 1.82) is 0 Å². The van der Waals surface area contributed by atoms with Gasteiger partial charge in [0.05, 0.1) is 0 Å². The summed E-state index contributed by atoms with van der Waals surface area (Å²) >= 11 is 1.68. The molecule has 2 aromatic carbocycles. The second-order valence-corrected chi connectivity index (χ2v) is 6.57. The summed E-state index contributed by atoms with van der Waals surface area (Å²) in [6.07, 6.45) is 1.12. The molecule has 7 heteroatoms. The molecule has 3 N–H and O–H groups in total. The molecule has 0 aliphatic heterocycles.